The van der Waals surface area contributed by atoms with E-state index in [2.05, 4.69) is 34.8 Å². The highest BCUT2D eigenvalue weighted by Crippen LogP contribution is 2.38. The number of fused-ring (bicyclic) bond motifs is 2. The van der Waals surface area contributed by atoms with Crippen molar-refractivity contribution in [2.45, 2.75) is 58.0 Å². The number of piperidine rings is 1. The molecule has 3 amide bonds. The SMILES string of the molecule is COc1cc2c(cc1OCCCC(=O)Nc1cc(C(=O)Nc3ccc(NC(C)C)cc3)n(C)c1)N=CC1CCCCN1C2=O. The molecule has 0 spiro atoms. The summed E-state index contributed by atoms with van der Waals surface area (Å²) in [4.78, 5) is 45.2. The van der Waals surface area contributed by atoms with Crippen molar-refractivity contribution in [3.05, 3.63) is 59.9 Å². The molecule has 3 heterocycles. The van der Waals surface area contributed by atoms with Gasteiger partial charge >= 0.3 is 0 Å². The second-order valence-corrected chi connectivity index (χ2v) is 11.4. The number of carbonyl (C=O) groups excluding carboxylic acids is 3. The van der Waals surface area contributed by atoms with Crippen molar-refractivity contribution in [1.29, 1.82) is 0 Å². The average Bonchev–Trinajstić information content (AvgIpc) is 3.31. The molecule has 0 bridgehead atoms. The zero-order valence-corrected chi connectivity index (χ0v) is 25.7. The number of nitrogens with zero attached hydrogens (tertiary/aromatic N) is 3. The minimum absolute atomic E-state index is 0.0113. The lowest BCUT2D eigenvalue weighted by atomic mass is 10.0. The number of hydrogen-bond donors (Lipinski definition) is 3. The molecule has 2 aromatic carbocycles. The maximum atomic E-state index is 13.2. The molecule has 0 aliphatic carbocycles. The van der Waals surface area contributed by atoms with Gasteiger partial charge < -0.3 is 34.9 Å². The lowest BCUT2D eigenvalue weighted by Gasteiger charge is -2.32. The van der Waals surface area contributed by atoms with Gasteiger partial charge in [-0.2, -0.15) is 0 Å². The smallest absolute Gasteiger partial charge is 0.272 e. The van der Waals surface area contributed by atoms with Crippen molar-refractivity contribution in [1.82, 2.24) is 9.47 Å². The fraction of sp³-hybridized carbons (Fsp3) is 0.394. The van der Waals surface area contributed by atoms with Gasteiger partial charge in [-0.15, -0.1) is 0 Å². The standard InChI is InChI=1S/C33H40N6O5/c1-21(2)35-22-10-12-23(13-11-22)37-32(41)28-16-24(20-38(28)3)36-31(40)9-7-15-44-30-18-27-26(17-29(30)43-4)33(42)39-14-6-5-8-25(39)19-34-27/h10-13,16-21,25,35H,5-9,14-15H2,1-4H3,(H,36,40)(H,37,41). The Balaban J connectivity index is 1.13. The van der Waals surface area contributed by atoms with Crippen molar-refractivity contribution < 1.29 is 23.9 Å². The number of benzene rings is 2. The molecule has 3 N–H and O–H groups in total. The van der Waals surface area contributed by atoms with E-state index in [9.17, 15) is 14.4 Å². The number of nitrogens with one attached hydrogen (secondary N) is 3. The zero-order chi connectivity index (χ0) is 31.2. The minimum Gasteiger partial charge on any atom is -0.493 e. The van der Waals surface area contributed by atoms with Gasteiger partial charge in [0, 0.05) is 55.9 Å². The van der Waals surface area contributed by atoms with Gasteiger partial charge in [0.05, 0.1) is 36.7 Å². The molecule has 11 nitrogen and oxygen atoms in total. The molecule has 1 unspecified atom stereocenters. The van der Waals surface area contributed by atoms with Gasteiger partial charge in [0.1, 0.15) is 5.69 Å². The van der Waals surface area contributed by atoms with Gasteiger partial charge in [-0.3, -0.25) is 19.4 Å². The van der Waals surface area contributed by atoms with E-state index in [0.717, 1.165) is 31.5 Å². The van der Waals surface area contributed by atoms with Gasteiger partial charge in [0.25, 0.3) is 11.8 Å². The molecule has 1 saturated heterocycles. The third-order valence-corrected chi connectivity index (χ3v) is 7.63. The minimum atomic E-state index is -0.275. The van der Waals surface area contributed by atoms with E-state index in [1.165, 1.54) is 7.11 Å². The summed E-state index contributed by atoms with van der Waals surface area (Å²) in [5, 5.41) is 9.06. The Kier molecular flexibility index (Phi) is 9.52. The summed E-state index contributed by atoms with van der Waals surface area (Å²) in [6.45, 7) is 5.11. The Bertz CT molecular complexity index is 1540. The number of aryl methyl sites for hydroxylation is 1. The van der Waals surface area contributed by atoms with Gasteiger partial charge in [-0.25, -0.2) is 0 Å². The number of hydrogen-bond acceptors (Lipinski definition) is 7. The van der Waals surface area contributed by atoms with Crippen LogP contribution in [0.5, 0.6) is 11.5 Å². The van der Waals surface area contributed by atoms with Gasteiger partial charge in [-0.1, -0.05) is 0 Å². The van der Waals surface area contributed by atoms with E-state index in [1.54, 1.807) is 36.0 Å². The average molecular weight is 601 g/mol. The highest BCUT2D eigenvalue weighted by Gasteiger charge is 2.31. The van der Waals surface area contributed by atoms with Crippen molar-refractivity contribution in [3.63, 3.8) is 0 Å². The lowest BCUT2D eigenvalue weighted by molar-refractivity contribution is -0.116. The summed E-state index contributed by atoms with van der Waals surface area (Å²) in [6, 6.07) is 12.9. The quantitative estimate of drug-likeness (QED) is 0.246. The Labute approximate surface area is 257 Å². The number of aliphatic imine (C=N–C) groups is 1. The Morgan fingerprint density at radius 1 is 1.02 bits per heavy atom. The van der Waals surface area contributed by atoms with Crippen LogP contribution in [0.1, 0.15) is 66.8 Å². The summed E-state index contributed by atoms with van der Waals surface area (Å²) in [7, 11) is 3.29. The predicted molar refractivity (Wildman–Crippen MR) is 172 cm³/mol. The first kappa shape index (κ1) is 30.7. The molecule has 0 radical (unpaired) electrons. The maximum Gasteiger partial charge on any atom is 0.272 e. The summed E-state index contributed by atoms with van der Waals surface area (Å²) >= 11 is 0. The maximum absolute atomic E-state index is 13.2. The van der Waals surface area contributed by atoms with Crippen LogP contribution in [0.2, 0.25) is 0 Å². The number of methoxy groups -OCH3 is 1. The summed E-state index contributed by atoms with van der Waals surface area (Å²) in [5.41, 5.74) is 3.66. The van der Waals surface area contributed by atoms with Crippen molar-refractivity contribution in [3.8, 4) is 11.5 Å². The topological polar surface area (TPSA) is 126 Å². The first-order chi connectivity index (χ1) is 21.2. The monoisotopic (exact) mass is 600 g/mol. The highest BCUT2D eigenvalue weighted by molar-refractivity contribution is 6.05. The van der Waals surface area contributed by atoms with E-state index < -0.39 is 0 Å². The molecule has 2 aliphatic rings. The summed E-state index contributed by atoms with van der Waals surface area (Å²) < 4.78 is 13.2. The normalized spacial score (nSPS) is 15.7. The third kappa shape index (κ3) is 7.21. The third-order valence-electron chi connectivity index (χ3n) is 7.63. The van der Waals surface area contributed by atoms with Crippen molar-refractivity contribution >= 4 is 46.7 Å². The Hall–Kier alpha value is -4.80. The highest BCUT2D eigenvalue weighted by atomic mass is 16.5. The van der Waals surface area contributed by atoms with Crippen LogP contribution in [0.3, 0.4) is 0 Å². The van der Waals surface area contributed by atoms with Crippen LogP contribution in [0.25, 0.3) is 0 Å². The molecule has 2 aliphatic heterocycles. The molecule has 1 atom stereocenters. The molecule has 44 heavy (non-hydrogen) atoms. The van der Waals surface area contributed by atoms with Crippen LogP contribution in [0, 0.1) is 0 Å². The van der Waals surface area contributed by atoms with Crippen LogP contribution in [-0.4, -0.2) is 65.7 Å². The van der Waals surface area contributed by atoms with E-state index in [1.807, 2.05) is 35.4 Å². The van der Waals surface area contributed by atoms with Gasteiger partial charge in [0.15, 0.2) is 11.5 Å². The van der Waals surface area contributed by atoms with Crippen LogP contribution in [-0.2, 0) is 11.8 Å². The van der Waals surface area contributed by atoms with E-state index in [4.69, 9.17) is 9.47 Å². The molecule has 1 aromatic heterocycles. The number of anilines is 3. The van der Waals surface area contributed by atoms with E-state index in [0.29, 0.717) is 52.3 Å². The van der Waals surface area contributed by atoms with Crippen molar-refractivity contribution in [2.75, 3.05) is 36.2 Å². The number of rotatable bonds is 11. The summed E-state index contributed by atoms with van der Waals surface area (Å²) in [5.74, 6) is 0.410. The first-order valence-electron chi connectivity index (χ1n) is 15.1. The molecular weight excluding hydrogens is 560 g/mol. The van der Waals surface area contributed by atoms with Crippen LogP contribution in [0.15, 0.2) is 53.7 Å². The second-order valence-electron chi connectivity index (χ2n) is 11.4. The molecule has 1 fully saturated rings. The predicted octanol–water partition coefficient (Wildman–Crippen LogP) is 5.61. The fourth-order valence-electron chi connectivity index (χ4n) is 5.46. The molecule has 0 saturated carbocycles. The van der Waals surface area contributed by atoms with Crippen LogP contribution >= 0.6 is 0 Å². The molecule has 232 valence electrons. The first-order valence-corrected chi connectivity index (χ1v) is 15.1. The van der Waals surface area contributed by atoms with Crippen LogP contribution in [0.4, 0.5) is 22.7 Å². The number of ether oxygens (including phenoxy) is 2. The van der Waals surface area contributed by atoms with Crippen molar-refractivity contribution in [2.24, 2.45) is 12.0 Å². The molecule has 3 aromatic rings. The van der Waals surface area contributed by atoms with Crippen LogP contribution < -0.4 is 25.4 Å². The van der Waals surface area contributed by atoms with E-state index in [-0.39, 0.29) is 36.8 Å². The second kappa shape index (κ2) is 13.7. The zero-order valence-electron chi connectivity index (χ0n) is 25.7. The number of aromatic nitrogens is 1. The van der Waals surface area contributed by atoms with Gasteiger partial charge in [0.2, 0.25) is 5.91 Å². The number of amides is 3. The van der Waals surface area contributed by atoms with E-state index >= 15 is 0 Å². The molecule has 11 heteroatoms. The number of carbonyl (C=O) groups is 3. The largest absolute Gasteiger partial charge is 0.493 e. The van der Waals surface area contributed by atoms with Gasteiger partial charge in [-0.05, 0) is 75.9 Å². The molecule has 5 rings (SSSR count). The molecular formula is C33H40N6O5. The Morgan fingerprint density at radius 2 is 1.80 bits per heavy atom. The lowest BCUT2D eigenvalue weighted by Crippen LogP contribution is -2.43. The summed E-state index contributed by atoms with van der Waals surface area (Å²) in [6.07, 6.45) is 7.20. The Morgan fingerprint density at radius 3 is 2.55 bits per heavy atom. The fourth-order valence-corrected chi connectivity index (χ4v) is 5.46.